The zero-order chi connectivity index (χ0) is 18.6. The van der Waals surface area contributed by atoms with E-state index in [0.29, 0.717) is 6.42 Å². The molecule has 0 saturated heterocycles. The van der Waals surface area contributed by atoms with Crippen LogP contribution in [0.1, 0.15) is 24.2 Å². The van der Waals surface area contributed by atoms with Crippen LogP contribution in [-0.2, 0) is 11.5 Å². The lowest BCUT2D eigenvalue weighted by Gasteiger charge is -2.07. The fourth-order valence-corrected chi connectivity index (χ4v) is 4.69. The van der Waals surface area contributed by atoms with E-state index >= 15 is 0 Å². The van der Waals surface area contributed by atoms with Gasteiger partial charge in [-0.05, 0) is 54.1 Å². The van der Waals surface area contributed by atoms with E-state index in [2.05, 4.69) is 9.36 Å². The average molecular weight is 412 g/mol. The minimum atomic E-state index is -0.354. The van der Waals surface area contributed by atoms with Gasteiger partial charge in [0.2, 0.25) is 6.20 Å². The number of ether oxygens (including phenoxy) is 1. The van der Waals surface area contributed by atoms with Gasteiger partial charge in [-0.1, -0.05) is 0 Å². The third kappa shape index (κ3) is 7.76. The van der Waals surface area contributed by atoms with Crippen molar-refractivity contribution in [1.29, 1.82) is 0 Å². The third-order valence-electron chi connectivity index (χ3n) is 3.47. The smallest absolute Gasteiger partial charge is 0.233 e. The van der Waals surface area contributed by atoms with E-state index in [1.807, 2.05) is 23.6 Å². The first-order valence-electron chi connectivity index (χ1n) is 8.04. The molecule has 140 valence electrons. The van der Waals surface area contributed by atoms with Crippen LogP contribution in [0.25, 0.3) is 0 Å². The number of nitrogens with zero attached hydrogens (tertiary/aromatic N) is 3. The van der Waals surface area contributed by atoms with Gasteiger partial charge in [0.25, 0.3) is 0 Å². The highest BCUT2D eigenvalue weighted by Gasteiger charge is 2.07. The topological polar surface area (TPSA) is 78.2 Å². The van der Waals surface area contributed by atoms with Gasteiger partial charge in [-0.3, -0.25) is 15.1 Å². The molecule has 2 rings (SSSR count). The second-order valence-corrected chi connectivity index (χ2v) is 8.20. The van der Waals surface area contributed by atoms with Crippen LogP contribution in [0.5, 0.6) is 5.75 Å². The summed E-state index contributed by atoms with van der Waals surface area (Å²) < 4.78 is 9.55. The summed E-state index contributed by atoms with van der Waals surface area (Å²) in [7, 11) is 1.63. The maximum absolute atomic E-state index is 10.8. The van der Waals surface area contributed by atoms with Crippen LogP contribution in [-0.4, -0.2) is 32.9 Å². The Morgan fingerprint density at radius 2 is 2.08 bits per heavy atom. The minimum absolute atomic E-state index is 0.354. The summed E-state index contributed by atoms with van der Waals surface area (Å²) in [4.78, 5) is 14.8. The Balaban J connectivity index is 1.72. The Morgan fingerprint density at radius 3 is 2.73 bits per heavy atom. The lowest BCUT2D eigenvalue weighted by molar-refractivity contribution is -0.403. The van der Waals surface area contributed by atoms with E-state index in [9.17, 15) is 10.1 Å². The molecule has 9 heteroatoms. The van der Waals surface area contributed by atoms with E-state index in [-0.39, 0.29) is 4.92 Å². The molecule has 0 N–H and O–H groups in total. The van der Waals surface area contributed by atoms with E-state index in [4.69, 9.17) is 4.74 Å². The van der Waals surface area contributed by atoms with Crippen LogP contribution in [0.2, 0.25) is 0 Å². The Morgan fingerprint density at radius 1 is 1.31 bits per heavy atom. The van der Waals surface area contributed by atoms with Gasteiger partial charge in [0.05, 0.1) is 23.4 Å². The minimum Gasteiger partial charge on any atom is -0.495 e. The number of hydrogen-bond acceptors (Lipinski definition) is 8. The average Bonchev–Trinajstić information content (AvgIpc) is 3.15. The Kier molecular flexibility index (Phi) is 9.51. The molecule has 0 unspecified atom stereocenters. The normalized spacial score (nSPS) is 11.5. The van der Waals surface area contributed by atoms with Gasteiger partial charge in [-0.15, -0.1) is 0 Å². The highest BCUT2D eigenvalue weighted by molar-refractivity contribution is 7.98. The molecule has 0 aliphatic carbocycles. The fourth-order valence-electron chi connectivity index (χ4n) is 2.18. The predicted molar refractivity (Wildman–Crippen MR) is 110 cm³/mol. The summed E-state index contributed by atoms with van der Waals surface area (Å²) >= 11 is 4.91. The van der Waals surface area contributed by atoms with Gasteiger partial charge in [-0.25, -0.2) is 0 Å². The Labute approximate surface area is 165 Å². The Bertz CT molecular complexity index is 708. The number of rotatable bonds is 12. The van der Waals surface area contributed by atoms with Crippen LogP contribution in [0.4, 0.5) is 0 Å². The molecule has 0 saturated carbocycles. The molecule has 0 aliphatic heterocycles. The van der Waals surface area contributed by atoms with Gasteiger partial charge in [0.15, 0.2) is 0 Å². The summed E-state index contributed by atoms with van der Waals surface area (Å²) in [6.07, 6.45) is 4.34. The number of aromatic nitrogens is 2. The third-order valence-corrected chi connectivity index (χ3v) is 6.03. The summed E-state index contributed by atoms with van der Waals surface area (Å²) in [6.45, 7) is 0. The van der Waals surface area contributed by atoms with Crippen LogP contribution in [0.15, 0.2) is 41.5 Å². The van der Waals surface area contributed by atoms with Gasteiger partial charge in [-0.2, -0.15) is 27.9 Å². The highest BCUT2D eigenvalue weighted by Crippen LogP contribution is 2.23. The first kappa shape index (κ1) is 20.7. The zero-order valence-corrected chi connectivity index (χ0v) is 16.9. The molecule has 2 aromatic heterocycles. The van der Waals surface area contributed by atoms with Crippen molar-refractivity contribution in [2.24, 2.45) is 0 Å². The molecule has 0 atom stereocenters. The maximum atomic E-state index is 10.8. The fraction of sp³-hybridized carbons (Fsp3) is 0.412. The predicted octanol–water partition coefficient (Wildman–Crippen LogP) is 4.65. The largest absolute Gasteiger partial charge is 0.495 e. The van der Waals surface area contributed by atoms with Crippen LogP contribution in [0, 0.1) is 10.1 Å². The molecule has 2 aromatic rings. The molecular weight excluding hydrogens is 390 g/mol. The SMILES string of the molecule is COc1cccnc1CSCC/C(=C/[N+](=O)[O-])CCSCc1ccsn1. The van der Waals surface area contributed by atoms with Crippen molar-refractivity contribution in [3.8, 4) is 5.75 Å². The lowest BCUT2D eigenvalue weighted by Crippen LogP contribution is -1.97. The second-order valence-electron chi connectivity index (χ2n) is 5.32. The van der Waals surface area contributed by atoms with Crippen molar-refractivity contribution >= 4 is 35.1 Å². The first-order valence-corrected chi connectivity index (χ1v) is 11.2. The van der Waals surface area contributed by atoms with Crippen molar-refractivity contribution in [2.75, 3.05) is 18.6 Å². The van der Waals surface area contributed by atoms with Gasteiger partial charge in [0, 0.05) is 28.7 Å². The lowest BCUT2D eigenvalue weighted by atomic mass is 10.2. The summed E-state index contributed by atoms with van der Waals surface area (Å²) in [5.41, 5.74) is 2.85. The monoisotopic (exact) mass is 411 g/mol. The van der Waals surface area contributed by atoms with Crippen LogP contribution >= 0.6 is 35.1 Å². The second kappa shape index (κ2) is 11.9. The molecule has 0 radical (unpaired) electrons. The van der Waals surface area contributed by atoms with Crippen molar-refractivity contribution in [2.45, 2.75) is 24.3 Å². The van der Waals surface area contributed by atoms with E-state index in [1.165, 1.54) is 11.5 Å². The summed E-state index contributed by atoms with van der Waals surface area (Å²) in [6, 6.07) is 5.74. The number of pyridine rings is 1. The maximum Gasteiger partial charge on any atom is 0.233 e. The number of nitro groups is 1. The summed E-state index contributed by atoms with van der Waals surface area (Å²) in [5, 5.41) is 12.8. The number of hydrogen-bond donors (Lipinski definition) is 0. The van der Waals surface area contributed by atoms with Crippen molar-refractivity contribution in [3.05, 3.63) is 63.1 Å². The van der Waals surface area contributed by atoms with Crippen molar-refractivity contribution < 1.29 is 9.66 Å². The number of methoxy groups -OCH3 is 1. The number of allylic oxidation sites excluding steroid dienone is 1. The summed E-state index contributed by atoms with van der Waals surface area (Å²) in [5.74, 6) is 4.03. The van der Waals surface area contributed by atoms with Crippen molar-refractivity contribution in [1.82, 2.24) is 9.36 Å². The highest BCUT2D eigenvalue weighted by atomic mass is 32.2. The van der Waals surface area contributed by atoms with E-state index < -0.39 is 0 Å². The van der Waals surface area contributed by atoms with Gasteiger partial charge < -0.3 is 4.74 Å². The molecular formula is C17H21N3O3S3. The molecule has 2 heterocycles. The van der Waals surface area contributed by atoms with Crippen LogP contribution in [0.3, 0.4) is 0 Å². The molecule has 0 fully saturated rings. The van der Waals surface area contributed by atoms with Gasteiger partial charge in [0.1, 0.15) is 5.75 Å². The molecule has 0 spiro atoms. The molecule has 0 aromatic carbocycles. The number of thioether (sulfide) groups is 2. The molecule has 0 aliphatic rings. The van der Waals surface area contributed by atoms with Crippen molar-refractivity contribution in [3.63, 3.8) is 0 Å². The molecule has 26 heavy (non-hydrogen) atoms. The van der Waals surface area contributed by atoms with Crippen LogP contribution < -0.4 is 4.74 Å². The zero-order valence-electron chi connectivity index (χ0n) is 14.5. The van der Waals surface area contributed by atoms with Gasteiger partial charge >= 0.3 is 0 Å². The standard InChI is InChI=1S/C17H21N3O3S3/c1-23-17-3-2-7-18-16(17)13-25-9-5-14(11-20(21)22)4-8-24-12-15-6-10-26-19-15/h2-3,6-7,10-11H,4-5,8-9,12-13H2,1H3/b14-11+. The Hall–Kier alpha value is -1.58. The van der Waals surface area contributed by atoms with E-state index in [0.717, 1.165) is 58.3 Å². The molecule has 6 nitrogen and oxygen atoms in total. The molecule has 0 amide bonds. The quantitative estimate of drug-likeness (QED) is 0.286. The first-order chi connectivity index (χ1) is 12.7. The van der Waals surface area contributed by atoms with E-state index in [1.54, 1.807) is 36.8 Å². The molecule has 0 bridgehead atoms.